The van der Waals surface area contributed by atoms with Crippen LogP contribution < -0.4 is 0 Å². The number of aryl methyl sites for hydroxylation is 1. The molecule has 0 bridgehead atoms. The molecule has 2 aromatic rings. The molecule has 0 saturated carbocycles. The second-order valence-electron chi connectivity index (χ2n) is 3.40. The molecule has 0 fully saturated rings. The maximum absolute atomic E-state index is 5.65. The minimum absolute atomic E-state index is 0.369. The Morgan fingerprint density at radius 1 is 1.31 bits per heavy atom. The molecule has 0 saturated heterocycles. The fourth-order valence-corrected chi connectivity index (χ4v) is 1.76. The molecule has 4 nitrogen and oxygen atoms in total. The molecule has 0 radical (unpaired) electrons. The van der Waals surface area contributed by atoms with Crippen molar-refractivity contribution in [2.24, 2.45) is 0 Å². The van der Waals surface area contributed by atoms with Gasteiger partial charge in [0.25, 0.3) is 0 Å². The Kier molecular flexibility index (Phi) is 3.25. The predicted octanol–water partition coefficient (Wildman–Crippen LogP) is 2.78. The molecule has 0 atom stereocenters. The maximum Gasteiger partial charge on any atom is 0.172 e. The Hall–Kier alpha value is -0.940. The molecule has 0 spiro atoms. The van der Waals surface area contributed by atoms with Gasteiger partial charge in [-0.25, -0.2) is 9.67 Å². The average Bonchev–Trinajstić information content (AvgIpc) is 2.57. The molecular weight excluding hydrogens is 291 g/mol. The molecule has 0 aliphatic heterocycles. The molecule has 2 heterocycles. The Morgan fingerprint density at radius 3 is 2.50 bits per heavy atom. The smallest absolute Gasteiger partial charge is 0.172 e. The number of alkyl halides is 1. The predicted molar refractivity (Wildman–Crippen MR) is 65.9 cm³/mol. The molecule has 0 amide bonds. The first kappa shape index (κ1) is 11.5. The summed E-state index contributed by atoms with van der Waals surface area (Å²) in [6.07, 6.45) is 3.33. The van der Waals surface area contributed by atoms with Gasteiger partial charge in [0.1, 0.15) is 0 Å². The molecule has 6 heteroatoms. The van der Waals surface area contributed by atoms with E-state index in [0.717, 1.165) is 21.6 Å². The molecule has 0 unspecified atom stereocenters. The third-order valence-electron chi connectivity index (χ3n) is 2.25. The number of aromatic nitrogens is 4. The van der Waals surface area contributed by atoms with Crippen LogP contribution in [0, 0.1) is 13.8 Å². The van der Waals surface area contributed by atoms with Crippen molar-refractivity contribution in [3.8, 4) is 5.82 Å². The van der Waals surface area contributed by atoms with Crippen LogP contribution in [0.5, 0.6) is 0 Å². The van der Waals surface area contributed by atoms with Crippen LogP contribution in [-0.2, 0) is 5.88 Å². The van der Waals surface area contributed by atoms with Gasteiger partial charge in [-0.1, -0.05) is 0 Å². The van der Waals surface area contributed by atoms with Crippen LogP contribution in [0.1, 0.15) is 17.1 Å². The topological polar surface area (TPSA) is 43.6 Å². The van der Waals surface area contributed by atoms with Gasteiger partial charge in [-0.05, 0) is 29.8 Å². The highest BCUT2D eigenvalue weighted by atomic mass is 79.9. The molecular formula is C10H10BrClN4. The van der Waals surface area contributed by atoms with Gasteiger partial charge in [-0.15, -0.1) is 11.6 Å². The summed E-state index contributed by atoms with van der Waals surface area (Å²) in [5.41, 5.74) is 2.69. The van der Waals surface area contributed by atoms with E-state index in [0.29, 0.717) is 11.7 Å². The van der Waals surface area contributed by atoms with E-state index in [1.807, 2.05) is 13.8 Å². The van der Waals surface area contributed by atoms with Crippen molar-refractivity contribution >= 4 is 27.5 Å². The standard InChI is InChI=1S/C10H10BrClN4/c1-6-10(11)7(2)16(15-6)9-5-13-8(3-12)4-14-9/h4-5H,3H2,1-2H3. The molecule has 0 aliphatic rings. The van der Waals surface area contributed by atoms with E-state index in [9.17, 15) is 0 Å². The van der Waals surface area contributed by atoms with Gasteiger partial charge in [-0.3, -0.25) is 4.98 Å². The highest BCUT2D eigenvalue weighted by Crippen LogP contribution is 2.21. The molecule has 16 heavy (non-hydrogen) atoms. The molecule has 0 N–H and O–H groups in total. The molecule has 2 aromatic heterocycles. The van der Waals surface area contributed by atoms with Crippen molar-refractivity contribution in [3.63, 3.8) is 0 Å². The summed E-state index contributed by atoms with van der Waals surface area (Å²) < 4.78 is 2.75. The van der Waals surface area contributed by atoms with Crippen molar-refractivity contribution in [1.82, 2.24) is 19.7 Å². The number of hydrogen-bond donors (Lipinski definition) is 0. The van der Waals surface area contributed by atoms with Gasteiger partial charge in [0.15, 0.2) is 5.82 Å². The fraction of sp³-hybridized carbons (Fsp3) is 0.300. The maximum atomic E-state index is 5.65. The molecule has 0 aromatic carbocycles. The largest absolute Gasteiger partial charge is 0.254 e. The van der Waals surface area contributed by atoms with Crippen molar-refractivity contribution < 1.29 is 0 Å². The molecule has 84 valence electrons. The zero-order valence-electron chi connectivity index (χ0n) is 8.91. The first-order chi connectivity index (χ1) is 7.63. The number of halogens is 2. The Balaban J connectivity index is 2.46. The van der Waals surface area contributed by atoms with Crippen LogP contribution >= 0.6 is 27.5 Å². The number of hydrogen-bond acceptors (Lipinski definition) is 3. The Labute approximate surface area is 107 Å². The van der Waals surface area contributed by atoms with Crippen molar-refractivity contribution in [2.75, 3.05) is 0 Å². The van der Waals surface area contributed by atoms with Gasteiger partial charge >= 0.3 is 0 Å². The van der Waals surface area contributed by atoms with Gasteiger partial charge in [0.2, 0.25) is 0 Å². The van der Waals surface area contributed by atoms with E-state index in [2.05, 4.69) is 31.0 Å². The van der Waals surface area contributed by atoms with E-state index in [1.165, 1.54) is 0 Å². The van der Waals surface area contributed by atoms with Crippen LogP contribution in [0.15, 0.2) is 16.9 Å². The first-order valence-corrected chi connectivity index (χ1v) is 6.05. The monoisotopic (exact) mass is 300 g/mol. The lowest BCUT2D eigenvalue weighted by Crippen LogP contribution is -2.03. The minimum atomic E-state index is 0.369. The fourth-order valence-electron chi connectivity index (χ4n) is 1.37. The summed E-state index contributed by atoms with van der Waals surface area (Å²) in [6, 6.07) is 0. The summed E-state index contributed by atoms with van der Waals surface area (Å²) >= 11 is 9.13. The molecule has 0 aliphatic carbocycles. The minimum Gasteiger partial charge on any atom is -0.254 e. The van der Waals surface area contributed by atoms with Gasteiger partial charge < -0.3 is 0 Å². The van der Waals surface area contributed by atoms with Crippen molar-refractivity contribution in [1.29, 1.82) is 0 Å². The lowest BCUT2D eigenvalue weighted by atomic mass is 10.4. The van der Waals surface area contributed by atoms with E-state index in [1.54, 1.807) is 17.1 Å². The second-order valence-corrected chi connectivity index (χ2v) is 4.46. The lowest BCUT2D eigenvalue weighted by Gasteiger charge is -2.02. The van der Waals surface area contributed by atoms with Crippen LogP contribution in [0.2, 0.25) is 0 Å². The third kappa shape index (κ3) is 1.97. The van der Waals surface area contributed by atoms with Gasteiger partial charge in [0, 0.05) is 0 Å². The number of nitrogens with zero attached hydrogens (tertiary/aromatic N) is 4. The van der Waals surface area contributed by atoms with Crippen LogP contribution in [0.3, 0.4) is 0 Å². The first-order valence-electron chi connectivity index (χ1n) is 4.72. The zero-order valence-corrected chi connectivity index (χ0v) is 11.2. The van der Waals surface area contributed by atoms with Gasteiger partial charge in [0.05, 0.1) is 39.8 Å². The Morgan fingerprint density at radius 2 is 2.06 bits per heavy atom. The van der Waals surface area contributed by atoms with Crippen LogP contribution in [0.4, 0.5) is 0 Å². The Bertz CT molecular complexity index is 506. The second kappa shape index (κ2) is 4.51. The van der Waals surface area contributed by atoms with E-state index in [4.69, 9.17) is 11.6 Å². The highest BCUT2D eigenvalue weighted by molar-refractivity contribution is 9.10. The average molecular weight is 302 g/mol. The highest BCUT2D eigenvalue weighted by Gasteiger charge is 2.11. The third-order valence-corrected chi connectivity index (χ3v) is 3.67. The van der Waals surface area contributed by atoms with Crippen LogP contribution in [-0.4, -0.2) is 19.7 Å². The summed E-state index contributed by atoms with van der Waals surface area (Å²) in [5, 5.41) is 4.37. The quantitative estimate of drug-likeness (QED) is 0.801. The summed E-state index contributed by atoms with van der Waals surface area (Å²) in [6.45, 7) is 3.91. The number of rotatable bonds is 2. The summed E-state index contributed by atoms with van der Waals surface area (Å²) in [4.78, 5) is 8.45. The SMILES string of the molecule is Cc1nn(-c2cnc(CCl)cn2)c(C)c1Br. The van der Waals surface area contributed by atoms with Crippen molar-refractivity contribution in [3.05, 3.63) is 33.9 Å². The van der Waals surface area contributed by atoms with E-state index >= 15 is 0 Å². The normalized spacial score (nSPS) is 10.8. The summed E-state index contributed by atoms with van der Waals surface area (Å²) in [5.74, 6) is 1.06. The molecule has 2 rings (SSSR count). The van der Waals surface area contributed by atoms with Gasteiger partial charge in [-0.2, -0.15) is 5.10 Å². The zero-order chi connectivity index (χ0) is 11.7. The van der Waals surface area contributed by atoms with E-state index in [-0.39, 0.29) is 0 Å². The lowest BCUT2D eigenvalue weighted by molar-refractivity contribution is 0.795. The van der Waals surface area contributed by atoms with E-state index < -0.39 is 0 Å². The van der Waals surface area contributed by atoms with Crippen molar-refractivity contribution in [2.45, 2.75) is 19.7 Å². The summed E-state index contributed by atoms with van der Waals surface area (Å²) in [7, 11) is 0. The van der Waals surface area contributed by atoms with Crippen LogP contribution in [0.25, 0.3) is 5.82 Å².